The van der Waals surface area contributed by atoms with Gasteiger partial charge in [0.1, 0.15) is 23.0 Å². The Hall–Kier alpha value is -1.000. The monoisotopic (exact) mass is 1070 g/mol. The molecule has 0 amide bonds. The van der Waals surface area contributed by atoms with Crippen LogP contribution in [0.25, 0.3) is 0 Å². The number of rotatable bonds is 7. The van der Waals surface area contributed by atoms with Crippen molar-refractivity contribution in [3.05, 3.63) is 107 Å². The summed E-state index contributed by atoms with van der Waals surface area (Å²) in [4.78, 5) is 0. The highest BCUT2D eigenvalue weighted by atomic mass is 127. The Balaban J connectivity index is 1.37. The van der Waals surface area contributed by atoms with Crippen LogP contribution in [-0.2, 0) is 23.7 Å². The second-order valence-electron chi connectivity index (χ2n) is 13.8. The highest BCUT2D eigenvalue weighted by Gasteiger charge is 2.40. The van der Waals surface area contributed by atoms with Gasteiger partial charge in [-0.2, -0.15) is 0 Å². The molecular formula is C38H40I4O4. The minimum Gasteiger partial charge on any atom is -0.507 e. The van der Waals surface area contributed by atoms with Crippen molar-refractivity contribution in [3.63, 3.8) is 0 Å². The summed E-state index contributed by atoms with van der Waals surface area (Å²) in [6, 6.07) is 16.7. The molecule has 4 N–H and O–H groups in total. The number of phenols is 4. The molecule has 46 heavy (non-hydrogen) atoms. The molecule has 1 saturated carbocycles. The van der Waals surface area contributed by atoms with Gasteiger partial charge < -0.3 is 20.4 Å². The first kappa shape index (κ1) is 36.3. The molecule has 0 aliphatic heterocycles. The molecule has 1 aliphatic carbocycles. The molecular weight excluding hydrogens is 1030 g/mol. The number of aromatic hydroxyl groups is 4. The van der Waals surface area contributed by atoms with Crippen LogP contribution in [0.2, 0.25) is 0 Å². The number of benzene rings is 4. The molecule has 0 unspecified atom stereocenters. The van der Waals surface area contributed by atoms with Crippen molar-refractivity contribution in [2.45, 2.75) is 84.0 Å². The second kappa shape index (κ2) is 14.1. The highest BCUT2D eigenvalue weighted by molar-refractivity contribution is 14.1. The number of hydrogen-bond acceptors (Lipinski definition) is 4. The molecule has 0 spiro atoms. The summed E-state index contributed by atoms with van der Waals surface area (Å²) in [5, 5.41) is 42.6. The number of hydrogen-bond donors (Lipinski definition) is 4. The van der Waals surface area contributed by atoms with E-state index in [2.05, 4.69) is 135 Å². The van der Waals surface area contributed by atoms with Crippen molar-refractivity contribution < 1.29 is 20.4 Å². The first-order valence-corrected chi connectivity index (χ1v) is 19.8. The summed E-state index contributed by atoms with van der Waals surface area (Å²) < 4.78 is 3.28. The van der Waals surface area contributed by atoms with Gasteiger partial charge in [-0.05, 0) is 215 Å². The van der Waals surface area contributed by atoms with Gasteiger partial charge in [0.15, 0.2) is 0 Å². The van der Waals surface area contributed by atoms with Crippen LogP contribution in [-0.4, -0.2) is 20.4 Å². The second-order valence-corrected chi connectivity index (χ2v) is 18.5. The van der Waals surface area contributed by atoms with Crippen molar-refractivity contribution in [2.24, 2.45) is 5.92 Å². The average Bonchev–Trinajstić information content (AvgIpc) is 2.99. The van der Waals surface area contributed by atoms with Crippen molar-refractivity contribution in [1.82, 2.24) is 0 Å². The van der Waals surface area contributed by atoms with Gasteiger partial charge in [-0.25, -0.2) is 0 Å². The zero-order valence-corrected chi connectivity index (χ0v) is 35.4. The Kier molecular flexibility index (Phi) is 11.1. The van der Waals surface area contributed by atoms with E-state index in [4.69, 9.17) is 0 Å². The third-order valence-corrected chi connectivity index (χ3v) is 13.5. The topological polar surface area (TPSA) is 80.9 Å². The van der Waals surface area contributed by atoms with Crippen LogP contribution in [0.4, 0.5) is 0 Å². The predicted molar refractivity (Wildman–Crippen MR) is 221 cm³/mol. The van der Waals surface area contributed by atoms with E-state index in [0.29, 0.717) is 41.8 Å². The lowest BCUT2D eigenvalue weighted by molar-refractivity contribution is 0.178. The summed E-state index contributed by atoms with van der Waals surface area (Å²) in [7, 11) is 0. The first-order valence-electron chi connectivity index (χ1n) is 15.5. The lowest BCUT2D eigenvalue weighted by Gasteiger charge is -2.44. The molecule has 0 bridgehead atoms. The summed E-state index contributed by atoms with van der Waals surface area (Å²) in [6.07, 6.45) is 5.54. The first-order chi connectivity index (χ1) is 21.5. The van der Waals surface area contributed by atoms with Crippen LogP contribution < -0.4 is 0 Å². The number of halogens is 4. The van der Waals surface area contributed by atoms with E-state index in [1.807, 2.05) is 38.1 Å². The third kappa shape index (κ3) is 7.44. The Labute approximate surface area is 327 Å². The van der Waals surface area contributed by atoms with Crippen molar-refractivity contribution in [3.8, 4) is 23.0 Å². The van der Waals surface area contributed by atoms with Crippen LogP contribution in [0.3, 0.4) is 0 Å². The van der Waals surface area contributed by atoms with E-state index >= 15 is 0 Å². The molecule has 5 rings (SSSR count). The minimum absolute atomic E-state index is 0.0147. The smallest absolute Gasteiger partial charge is 0.142 e. The highest BCUT2D eigenvalue weighted by Crippen LogP contribution is 2.49. The van der Waals surface area contributed by atoms with Gasteiger partial charge in [-0.15, -0.1) is 0 Å². The Bertz CT molecular complexity index is 1760. The van der Waals surface area contributed by atoms with Gasteiger partial charge in [0.2, 0.25) is 0 Å². The zero-order chi connectivity index (χ0) is 33.7. The zero-order valence-electron chi connectivity index (χ0n) is 26.7. The normalized spacial score (nSPS) is 18.6. The fourth-order valence-corrected chi connectivity index (χ4v) is 10.9. The van der Waals surface area contributed by atoms with Gasteiger partial charge in [0.25, 0.3) is 0 Å². The molecule has 4 aromatic carbocycles. The van der Waals surface area contributed by atoms with Gasteiger partial charge in [-0.3, -0.25) is 0 Å². The minimum atomic E-state index is -0.0739. The SMILES string of the molecule is Cc1cc(C2(C)CCC(C(C)(C)c3cc(C)c(O)c(Cc4cc(I)c(O)c(I)c4)c3)CC2)cc(Cc2cc(I)c(O)c(I)c2)c1O. The molecule has 1 fully saturated rings. The summed E-state index contributed by atoms with van der Waals surface area (Å²) in [6.45, 7) is 11.1. The molecule has 0 radical (unpaired) electrons. The van der Waals surface area contributed by atoms with Crippen LogP contribution in [0.1, 0.15) is 91.0 Å². The predicted octanol–water partition coefficient (Wildman–Crippen LogP) is 11.2. The lowest BCUT2D eigenvalue weighted by atomic mass is 9.60. The van der Waals surface area contributed by atoms with Crippen LogP contribution >= 0.6 is 90.4 Å². The molecule has 0 aromatic heterocycles. The molecule has 4 nitrogen and oxygen atoms in total. The van der Waals surface area contributed by atoms with Crippen molar-refractivity contribution in [1.29, 1.82) is 0 Å². The summed E-state index contributed by atoms with van der Waals surface area (Å²) in [5.41, 5.74) is 8.30. The van der Waals surface area contributed by atoms with Crippen LogP contribution in [0.5, 0.6) is 23.0 Å². The van der Waals surface area contributed by atoms with E-state index in [1.165, 1.54) is 11.1 Å². The van der Waals surface area contributed by atoms with Gasteiger partial charge in [0.05, 0.1) is 14.3 Å². The van der Waals surface area contributed by atoms with E-state index in [-0.39, 0.29) is 10.8 Å². The van der Waals surface area contributed by atoms with E-state index in [0.717, 1.165) is 73.3 Å². The number of aryl methyl sites for hydroxylation is 2. The molecule has 4 aromatic rings. The van der Waals surface area contributed by atoms with E-state index < -0.39 is 0 Å². The molecule has 0 atom stereocenters. The average molecular weight is 1070 g/mol. The van der Waals surface area contributed by atoms with E-state index in [9.17, 15) is 20.4 Å². The van der Waals surface area contributed by atoms with Gasteiger partial charge >= 0.3 is 0 Å². The molecule has 1 aliphatic rings. The summed E-state index contributed by atoms with van der Waals surface area (Å²) >= 11 is 8.66. The lowest BCUT2D eigenvalue weighted by Crippen LogP contribution is -2.37. The molecule has 8 heteroatoms. The Morgan fingerprint density at radius 3 is 1.50 bits per heavy atom. The maximum absolute atomic E-state index is 11.1. The molecule has 244 valence electrons. The van der Waals surface area contributed by atoms with Crippen molar-refractivity contribution >= 4 is 90.4 Å². The maximum atomic E-state index is 11.1. The fourth-order valence-electron chi connectivity index (χ4n) is 7.08. The molecule has 0 heterocycles. The van der Waals surface area contributed by atoms with Crippen LogP contribution in [0, 0.1) is 34.0 Å². The van der Waals surface area contributed by atoms with Gasteiger partial charge in [-0.1, -0.05) is 45.0 Å². The maximum Gasteiger partial charge on any atom is 0.142 e. The Morgan fingerprint density at radius 1 is 0.630 bits per heavy atom. The van der Waals surface area contributed by atoms with Gasteiger partial charge in [0, 0.05) is 12.8 Å². The Morgan fingerprint density at radius 2 is 1.04 bits per heavy atom. The van der Waals surface area contributed by atoms with E-state index in [1.54, 1.807) is 0 Å². The summed E-state index contributed by atoms with van der Waals surface area (Å²) in [5.74, 6) is 1.82. The third-order valence-electron chi connectivity index (χ3n) is 10.3. The van der Waals surface area contributed by atoms with Crippen molar-refractivity contribution in [2.75, 3.05) is 0 Å². The van der Waals surface area contributed by atoms with Crippen LogP contribution in [0.15, 0.2) is 48.5 Å². The quantitative estimate of drug-likeness (QED) is 0.139. The number of phenolic OH excluding ortho intramolecular Hbond substituents is 4. The standard InChI is InChI=1S/C38H40I4O4/c1-20-10-27(18-24(33(20)43)12-22-14-29(39)35(45)30(40)15-22)37(3,4)26-6-8-38(5,9-7-26)28-11-21(2)34(44)25(19-28)13-23-16-31(41)36(46)32(42)17-23/h10-11,14-19,26,43-46H,6-9,12-13H2,1-5H3. The largest absolute Gasteiger partial charge is 0.507 e. The molecule has 0 saturated heterocycles. The fraction of sp³-hybridized carbons (Fsp3) is 0.368.